The maximum Gasteiger partial charge on any atom is 0.0621 e. The van der Waals surface area contributed by atoms with E-state index in [1.807, 2.05) is 19.3 Å². The molecule has 0 saturated carbocycles. The van der Waals surface area contributed by atoms with Gasteiger partial charge in [0.25, 0.3) is 0 Å². The lowest BCUT2D eigenvalue weighted by molar-refractivity contribution is 0.0158. The lowest BCUT2D eigenvalue weighted by atomic mass is 9.75. The molecular weight excluding hydrogens is 236 g/mol. The van der Waals surface area contributed by atoms with Crippen molar-refractivity contribution < 1.29 is 4.74 Å². The summed E-state index contributed by atoms with van der Waals surface area (Å²) in [6.07, 6.45) is 6.72. The predicted molar refractivity (Wildman–Crippen MR) is 69.4 cm³/mol. The molecule has 0 unspecified atom stereocenters. The van der Waals surface area contributed by atoms with Crippen molar-refractivity contribution in [3.05, 3.63) is 29.0 Å². The molecule has 0 atom stereocenters. The lowest BCUT2D eigenvalue weighted by Crippen LogP contribution is -2.39. The van der Waals surface area contributed by atoms with E-state index in [2.05, 4.69) is 10.3 Å². The minimum Gasteiger partial charge on any atom is -0.381 e. The van der Waals surface area contributed by atoms with Crippen molar-refractivity contribution in [2.24, 2.45) is 5.41 Å². The van der Waals surface area contributed by atoms with E-state index in [-0.39, 0.29) is 5.41 Å². The van der Waals surface area contributed by atoms with E-state index in [0.29, 0.717) is 0 Å². The number of nitrogens with zero attached hydrogens (tertiary/aromatic N) is 1. The molecule has 1 aliphatic heterocycles. The maximum atomic E-state index is 6.19. The van der Waals surface area contributed by atoms with E-state index < -0.39 is 0 Å². The van der Waals surface area contributed by atoms with Crippen LogP contribution in [0.25, 0.3) is 0 Å². The molecule has 0 aromatic carbocycles. The van der Waals surface area contributed by atoms with Gasteiger partial charge in [-0.15, -0.1) is 0 Å². The molecule has 3 nitrogen and oxygen atoms in total. The van der Waals surface area contributed by atoms with Gasteiger partial charge >= 0.3 is 0 Å². The van der Waals surface area contributed by atoms with Gasteiger partial charge in [-0.1, -0.05) is 11.6 Å². The highest BCUT2D eigenvalue weighted by molar-refractivity contribution is 6.31. The van der Waals surface area contributed by atoms with Crippen LogP contribution in [0.1, 0.15) is 18.4 Å². The summed E-state index contributed by atoms with van der Waals surface area (Å²) in [5.74, 6) is 0. The molecular formula is C13H19ClN2O. The molecule has 2 rings (SSSR count). The summed E-state index contributed by atoms with van der Waals surface area (Å²) in [6.45, 7) is 2.71. The van der Waals surface area contributed by atoms with E-state index in [0.717, 1.165) is 44.0 Å². The second-order valence-corrected chi connectivity index (χ2v) is 5.19. The molecule has 2 heterocycles. The van der Waals surface area contributed by atoms with Gasteiger partial charge < -0.3 is 10.1 Å². The van der Waals surface area contributed by atoms with Crippen LogP contribution >= 0.6 is 11.6 Å². The highest BCUT2D eigenvalue weighted by atomic mass is 35.5. The van der Waals surface area contributed by atoms with E-state index in [1.165, 1.54) is 5.56 Å². The average molecular weight is 255 g/mol. The van der Waals surface area contributed by atoms with Crippen molar-refractivity contribution in [2.75, 3.05) is 26.8 Å². The van der Waals surface area contributed by atoms with Gasteiger partial charge in [-0.25, -0.2) is 0 Å². The maximum absolute atomic E-state index is 6.19. The van der Waals surface area contributed by atoms with Gasteiger partial charge in [-0.2, -0.15) is 0 Å². The van der Waals surface area contributed by atoms with Crippen LogP contribution in [-0.2, 0) is 11.2 Å². The quantitative estimate of drug-likeness (QED) is 0.895. The summed E-state index contributed by atoms with van der Waals surface area (Å²) < 4.78 is 5.47. The second kappa shape index (κ2) is 5.80. The Morgan fingerprint density at radius 1 is 1.47 bits per heavy atom. The molecule has 0 spiro atoms. The minimum absolute atomic E-state index is 0.276. The summed E-state index contributed by atoms with van der Waals surface area (Å²) in [5.41, 5.74) is 1.47. The number of rotatable bonds is 4. The molecule has 0 amide bonds. The standard InChI is InChI=1S/C13H19ClN2O/c1-15-10-13(3-6-17-7-4-13)8-11-2-5-16-9-12(11)14/h2,5,9,15H,3-4,6-8,10H2,1H3. The van der Waals surface area contributed by atoms with Gasteiger partial charge in [-0.05, 0) is 43.4 Å². The van der Waals surface area contributed by atoms with Crippen LogP contribution < -0.4 is 5.32 Å². The van der Waals surface area contributed by atoms with Gasteiger partial charge in [0.2, 0.25) is 0 Å². The first-order valence-electron chi connectivity index (χ1n) is 6.06. The molecule has 4 heteroatoms. The molecule has 1 aromatic heterocycles. The summed E-state index contributed by atoms with van der Waals surface area (Å²) >= 11 is 6.19. The zero-order valence-corrected chi connectivity index (χ0v) is 11.0. The Morgan fingerprint density at radius 2 is 2.24 bits per heavy atom. The molecule has 94 valence electrons. The Bertz CT molecular complexity index is 359. The first-order valence-corrected chi connectivity index (χ1v) is 6.44. The molecule has 0 bridgehead atoms. The second-order valence-electron chi connectivity index (χ2n) is 4.79. The summed E-state index contributed by atoms with van der Waals surface area (Å²) in [7, 11) is 2.01. The number of hydrogen-bond donors (Lipinski definition) is 1. The van der Waals surface area contributed by atoms with E-state index in [4.69, 9.17) is 16.3 Å². The van der Waals surface area contributed by atoms with Crippen molar-refractivity contribution in [3.8, 4) is 0 Å². The van der Waals surface area contributed by atoms with Gasteiger partial charge in [0, 0.05) is 32.2 Å². The van der Waals surface area contributed by atoms with Gasteiger partial charge in [0.05, 0.1) is 5.02 Å². The normalized spacial score (nSPS) is 19.2. The van der Waals surface area contributed by atoms with Crippen LogP contribution in [0.5, 0.6) is 0 Å². The molecule has 0 radical (unpaired) electrons. The highest BCUT2D eigenvalue weighted by Crippen LogP contribution is 2.35. The van der Waals surface area contributed by atoms with Crippen LogP contribution in [-0.4, -0.2) is 31.8 Å². The van der Waals surface area contributed by atoms with Gasteiger partial charge in [0.1, 0.15) is 0 Å². The van der Waals surface area contributed by atoms with Crippen LogP contribution in [0.15, 0.2) is 18.5 Å². The lowest BCUT2D eigenvalue weighted by Gasteiger charge is -2.37. The molecule has 1 N–H and O–H groups in total. The first-order chi connectivity index (χ1) is 8.26. The van der Waals surface area contributed by atoms with Crippen LogP contribution in [0, 0.1) is 5.41 Å². The number of hydrogen-bond acceptors (Lipinski definition) is 3. The summed E-state index contributed by atoms with van der Waals surface area (Å²) in [5, 5.41) is 4.08. The molecule has 1 aliphatic rings. The average Bonchev–Trinajstić information content (AvgIpc) is 2.34. The Labute approximate surface area is 108 Å². The molecule has 1 saturated heterocycles. The zero-order chi connectivity index (χ0) is 12.1. The van der Waals surface area contributed by atoms with Crippen LogP contribution in [0.2, 0.25) is 5.02 Å². The largest absolute Gasteiger partial charge is 0.381 e. The third-order valence-corrected chi connectivity index (χ3v) is 3.87. The van der Waals surface area contributed by atoms with E-state index >= 15 is 0 Å². The monoisotopic (exact) mass is 254 g/mol. The third-order valence-electron chi connectivity index (χ3n) is 3.53. The SMILES string of the molecule is CNCC1(Cc2ccncc2Cl)CCOCC1. The van der Waals surface area contributed by atoms with Crippen molar-refractivity contribution >= 4 is 11.6 Å². The van der Waals surface area contributed by atoms with Crippen LogP contribution in [0.3, 0.4) is 0 Å². The van der Waals surface area contributed by atoms with Crippen molar-refractivity contribution in [3.63, 3.8) is 0 Å². The number of ether oxygens (including phenoxy) is 1. The first kappa shape index (κ1) is 12.8. The van der Waals surface area contributed by atoms with Crippen molar-refractivity contribution in [1.82, 2.24) is 10.3 Å². The van der Waals surface area contributed by atoms with Crippen LogP contribution in [0.4, 0.5) is 0 Å². The summed E-state index contributed by atoms with van der Waals surface area (Å²) in [6, 6.07) is 2.02. The highest BCUT2D eigenvalue weighted by Gasteiger charge is 2.32. The Morgan fingerprint density at radius 3 is 2.88 bits per heavy atom. The van der Waals surface area contributed by atoms with Crippen molar-refractivity contribution in [1.29, 1.82) is 0 Å². The fraction of sp³-hybridized carbons (Fsp3) is 0.615. The Hall–Kier alpha value is -0.640. The number of halogens is 1. The Balaban J connectivity index is 2.14. The number of pyridine rings is 1. The van der Waals surface area contributed by atoms with Gasteiger partial charge in [0.15, 0.2) is 0 Å². The fourth-order valence-electron chi connectivity index (χ4n) is 2.55. The molecule has 0 aliphatic carbocycles. The van der Waals surface area contributed by atoms with Gasteiger partial charge in [-0.3, -0.25) is 4.98 Å². The Kier molecular flexibility index (Phi) is 4.37. The summed E-state index contributed by atoms with van der Waals surface area (Å²) in [4.78, 5) is 4.03. The predicted octanol–water partition coefficient (Wildman–Crippen LogP) is 2.29. The topological polar surface area (TPSA) is 34.2 Å². The minimum atomic E-state index is 0.276. The van der Waals surface area contributed by atoms with E-state index in [9.17, 15) is 0 Å². The zero-order valence-electron chi connectivity index (χ0n) is 10.2. The molecule has 1 aromatic rings. The number of aromatic nitrogens is 1. The molecule has 1 fully saturated rings. The van der Waals surface area contributed by atoms with Crippen molar-refractivity contribution in [2.45, 2.75) is 19.3 Å². The molecule has 17 heavy (non-hydrogen) atoms. The number of nitrogens with one attached hydrogen (secondary N) is 1. The van der Waals surface area contributed by atoms with E-state index in [1.54, 1.807) is 6.20 Å². The fourth-order valence-corrected chi connectivity index (χ4v) is 2.73. The smallest absolute Gasteiger partial charge is 0.0621 e. The third kappa shape index (κ3) is 3.18.